The summed E-state index contributed by atoms with van der Waals surface area (Å²) in [4.78, 5) is 11.9. The first-order chi connectivity index (χ1) is 9.69. The minimum Gasteiger partial charge on any atom is -0.380 e. The zero-order chi connectivity index (χ0) is 14.4. The number of hydrogen-bond acceptors (Lipinski definition) is 4. The van der Waals surface area contributed by atoms with Crippen LogP contribution in [0.3, 0.4) is 0 Å². The first-order valence-corrected chi connectivity index (χ1v) is 7.43. The van der Waals surface area contributed by atoms with Crippen molar-refractivity contribution >= 4 is 23.4 Å². The van der Waals surface area contributed by atoms with Gasteiger partial charge in [-0.3, -0.25) is 9.48 Å². The van der Waals surface area contributed by atoms with Gasteiger partial charge in [0, 0.05) is 35.4 Å². The van der Waals surface area contributed by atoms with Gasteiger partial charge in [-0.05, 0) is 19.1 Å². The second kappa shape index (κ2) is 7.00. The highest BCUT2D eigenvalue weighted by Gasteiger charge is 2.05. The zero-order valence-electron chi connectivity index (χ0n) is 11.4. The lowest BCUT2D eigenvalue weighted by molar-refractivity contribution is -0.115. The van der Waals surface area contributed by atoms with Gasteiger partial charge in [0.25, 0.3) is 0 Å². The molecule has 0 saturated carbocycles. The normalized spacial score (nSPS) is 10.4. The molecule has 1 heterocycles. The van der Waals surface area contributed by atoms with Crippen LogP contribution in [0.4, 0.5) is 5.69 Å². The second-order valence-corrected chi connectivity index (χ2v) is 5.33. The highest BCUT2D eigenvalue weighted by atomic mass is 32.2. The minimum absolute atomic E-state index is 0.284. The van der Waals surface area contributed by atoms with Gasteiger partial charge in [0.05, 0.1) is 11.9 Å². The van der Waals surface area contributed by atoms with Gasteiger partial charge in [-0.15, -0.1) is 11.8 Å². The molecule has 2 rings (SSSR count). The molecule has 0 aliphatic rings. The van der Waals surface area contributed by atoms with Crippen molar-refractivity contribution in [1.29, 1.82) is 0 Å². The van der Waals surface area contributed by atoms with Crippen molar-refractivity contribution in [3.63, 3.8) is 0 Å². The molecule has 0 radical (unpaired) electrons. The highest BCUT2D eigenvalue weighted by Crippen LogP contribution is 2.27. The van der Waals surface area contributed by atoms with E-state index in [1.54, 1.807) is 0 Å². The number of amides is 1. The van der Waals surface area contributed by atoms with Crippen LogP contribution in [0.25, 0.3) is 0 Å². The molecule has 1 aromatic carbocycles. The number of thioether (sulfide) groups is 1. The van der Waals surface area contributed by atoms with Gasteiger partial charge >= 0.3 is 0 Å². The van der Waals surface area contributed by atoms with Crippen LogP contribution in [0.2, 0.25) is 0 Å². The van der Waals surface area contributed by atoms with Crippen molar-refractivity contribution in [3.8, 4) is 0 Å². The van der Waals surface area contributed by atoms with Crippen LogP contribution in [0.5, 0.6) is 0 Å². The summed E-state index contributed by atoms with van der Waals surface area (Å²) in [7, 11) is 0. The molecule has 1 amide bonds. The fraction of sp³-hybridized carbons (Fsp3) is 0.286. The summed E-state index contributed by atoms with van der Waals surface area (Å²) >= 11 is 1.44. The van der Waals surface area contributed by atoms with Gasteiger partial charge in [-0.25, -0.2) is 0 Å². The average Bonchev–Trinajstić information content (AvgIpc) is 2.91. The van der Waals surface area contributed by atoms with Crippen molar-refractivity contribution < 1.29 is 4.79 Å². The summed E-state index contributed by atoms with van der Waals surface area (Å²) in [6, 6.07) is 7.88. The number of nitrogens with one attached hydrogen (secondary N) is 1. The van der Waals surface area contributed by atoms with E-state index in [4.69, 9.17) is 5.73 Å². The van der Waals surface area contributed by atoms with E-state index in [1.165, 1.54) is 11.8 Å². The van der Waals surface area contributed by atoms with Crippen molar-refractivity contribution in [3.05, 3.63) is 42.2 Å². The molecular weight excluding hydrogens is 272 g/mol. The Hall–Kier alpha value is -1.95. The van der Waals surface area contributed by atoms with E-state index in [2.05, 4.69) is 17.3 Å². The van der Waals surface area contributed by atoms with Gasteiger partial charge < -0.3 is 11.1 Å². The van der Waals surface area contributed by atoms with E-state index < -0.39 is 0 Å². The van der Waals surface area contributed by atoms with Crippen LogP contribution in [-0.4, -0.2) is 21.4 Å². The van der Waals surface area contributed by atoms with E-state index in [1.807, 2.05) is 41.3 Å². The number of carbonyl (C=O) groups is 1. The molecule has 0 atom stereocenters. The molecular formula is C14H18N4OS. The molecule has 0 bridgehead atoms. The number of primary amides is 1. The maximum Gasteiger partial charge on any atom is 0.227 e. The molecule has 0 aliphatic heterocycles. The maximum absolute atomic E-state index is 10.9. The van der Waals surface area contributed by atoms with Gasteiger partial charge in [0.1, 0.15) is 0 Å². The van der Waals surface area contributed by atoms with Crippen molar-refractivity contribution in [2.45, 2.75) is 24.9 Å². The molecule has 0 unspecified atom stereocenters. The Kier molecular flexibility index (Phi) is 5.06. The van der Waals surface area contributed by atoms with Gasteiger partial charge in [-0.2, -0.15) is 5.10 Å². The molecule has 0 saturated heterocycles. The first kappa shape index (κ1) is 14.5. The van der Waals surface area contributed by atoms with E-state index >= 15 is 0 Å². The lowest BCUT2D eigenvalue weighted by Crippen LogP contribution is -2.13. The standard InChI is InChI=1S/C14H18N4OS/c1-2-18-9-11(8-17-18)7-16-12-5-3-4-6-13(12)20-10-14(15)19/h3-6,8-9,16H,2,7,10H2,1H3,(H2,15,19). The number of hydrogen-bond donors (Lipinski definition) is 2. The molecule has 5 nitrogen and oxygen atoms in total. The lowest BCUT2D eigenvalue weighted by Gasteiger charge is -2.10. The molecule has 3 N–H and O–H groups in total. The molecule has 0 aliphatic carbocycles. The number of aromatic nitrogens is 2. The van der Waals surface area contributed by atoms with E-state index in [-0.39, 0.29) is 11.7 Å². The summed E-state index contributed by atoms with van der Waals surface area (Å²) in [6.07, 6.45) is 3.88. The first-order valence-electron chi connectivity index (χ1n) is 6.44. The number of benzene rings is 1. The fourth-order valence-electron chi connectivity index (χ4n) is 1.76. The lowest BCUT2D eigenvalue weighted by atomic mass is 10.3. The smallest absolute Gasteiger partial charge is 0.227 e. The SMILES string of the molecule is CCn1cc(CNc2ccccc2SCC(N)=O)cn1. The predicted molar refractivity (Wildman–Crippen MR) is 81.6 cm³/mol. The number of aryl methyl sites for hydroxylation is 1. The predicted octanol–water partition coefficient (Wildman–Crippen LogP) is 2.09. The number of anilines is 1. The van der Waals surface area contributed by atoms with Crippen molar-refractivity contribution in [2.24, 2.45) is 5.73 Å². The fourth-order valence-corrected chi connectivity index (χ4v) is 2.52. The molecule has 0 spiro atoms. The van der Waals surface area contributed by atoms with Crippen molar-refractivity contribution in [1.82, 2.24) is 9.78 Å². The number of nitrogens with two attached hydrogens (primary N) is 1. The molecule has 0 fully saturated rings. The third kappa shape index (κ3) is 4.03. The van der Waals surface area contributed by atoms with Gasteiger partial charge in [-0.1, -0.05) is 12.1 Å². The Morgan fingerprint density at radius 1 is 1.45 bits per heavy atom. The minimum atomic E-state index is -0.311. The van der Waals surface area contributed by atoms with E-state index in [0.29, 0.717) is 6.54 Å². The van der Waals surface area contributed by atoms with E-state index in [9.17, 15) is 4.79 Å². The van der Waals surface area contributed by atoms with E-state index in [0.717, 1.165) is 22.7 Å². The summed E-state index contributed by atoms with van der Waals surface area (Å²) in [5.41, 5.74) is 7.31. The Balaban J connectivity index is 1.99. The van der Waals surface area contributed by atoms with Crippen LogP contribution in [0.15, 0.2) is 41.6 Å². The molecule has 2 aromatic rings. The topological polar surface area (TPSA) is 72.9 Å². The van der Waals surface area contributed by atoms with Crippen LogP contribution in [-0.2, 0) is 17.9 Å². The van der Waals surface area contributed by atoms with Crippen molar-refractivity contribution in [2.75, 3.05) is 11.1 Å². The second-order valence-electron chi connectivity index (χ2n) is 4.31. The number of rotatable bonds is 7. The van der Waals surface area contributed by atoms with Crippen LogP contribution in [0.1, 0.15) is 12.5 Å². The summed E-state index contributed by atoms with van der Waals surface area (Å²) in [5, 5.41) is 7.60. The average molecular weight is 290 g/mol. The molecule has 6 heteroatoms. The van der Waals surface area contributed by atoms with Gasteiger partial charge in [0.2, 0.25) is 5.91 Å². The largest absolute Gasteiger partial charge is 0.380 e. The summed E-state index contributed by atoms with van der Waals surface area (Å²) in [6.45, 7) is 3.62. The van der Waals surface area contributed by atoms with Crippen LogP contribution >= 0.6 is 11.8 Å². The highest BCUT2D eigenvalue weighted by molar-refractivity contribution is 8.00. The van der Waals surface area contributed by atoms with Crippen LogP contribution in [0, 0.1) is 0 Å². The Labute approximate surface area is 122 Å². The van der Waals surface area contributed by atoms with Crippen LogP contribution < -0.4 is 11.1 Å². The third-order valence-electron chi connectivity index (χ3n) is 2.75. The zero-order valence-corrected chi connectivity index (χ0v) is 12.2. The number of para-hydroxylation sites is 1. The molecule has 1 aromatic heterocycles. The Morgan fingerprint density at radius 3 is 2.95 bits per heavy atom. The maximum atomic E-state index is 10.9. The molecule has 20 heavy (non-hydrogen) atoms. The Bertz CT molecular complexity index is 582. The van der Waals surface area contributed by atoms with Gasteiger partial charge in [0.15, 0.2) is 0 Å². The quantitative estimate of drug-likeness (QED) is 0.766. The summed E-state index contributed by atoms with van der Waals surface area (Å²) in [5.74, 6) is -0.0269. The number of carbonyl (C=O) groups excluding carboxylic acids is 1. The third-order valence-corrected chi connectivity index (χ3v) is 3.85. The molecule has 106 valence electrons. The monoisotopic (exact) mass is 290 g/mol. The summed E-state index contributed by atoms with van der Waals surface area (Å²) < 4.78 is 1.89. The Morgan fingerprint density at radius 2 is 2.25 bits per heavy atom. The number of nitrogens with zero attached hydrogens (tertiary/aromatic N) is 2.